The van der Waals surface area contributed by atoms with Crippen LogP contribution in [0.2, 0.25) is 0 Å². The lowest BCUT2D eigenvalue weighted by Crippen LogP contribution is -2.36. The molecule has 0 aromatic heterocycles. The van der Waals surface area contributed by atoms with E-state index < -0.39 is 0 Å². The van der Waals surface area contributed by atoms with Gasteiger partial charge in [-0.3, -0.25) is 0 Å². The molecule has 0 saturated carbocycles. The van der Waals surface area contributed by atoms with E-state index in [1.165, 1.54) is 16.4 Å². The van der Waals surface area contributed by atoms with Crippen LogP contribution in [-0.2, 0) is 0 Å². The van der Waals surface area contributed by atoms with Crippen molar-refractivity contribution in [1.29, 1.82) is 0 Å². The van der Waals surface area contributed by atoms with Gasteiger partial charge in [0.25, 0.3) is 0 Å². The maximum absolute atomic E-state index is 3.35. The molecule has 0 atom stereocenters. The predicted molar refractivity (Wildman–Crippen MR) is 37.7 cm³/mol. The molecule has 0 aromatic carbocycles. The van der Waals surface area contributed by atoms with Gasteiger partial charge in [-0.05, 0) is 26.9 Å². The lowest BCUT2D eigenvalue weighted by molar-refractivity contribution is 0.459. The molecule has 0 aromatic rings. The Morgan fingerprint density at radius 1 is 1.43 bits per heavy atom. The molecule has 0 spiro atoms. The van der Waals surface area contributed by atoms with E-state index in [2.05, 4.69) is 26.1 Å². The Balaban J connectivity index is 3.15. The SMILES string of the molecule is CC(C)(C)NC[SiH3]. The van der Waals surface area contributed by atoms with Gasteiger partial charge in [0.05, 0.1) is 0 Å². The van der Waals surface area contributed by atoms with Gasteiger partial charge in [-0.2, -0.15) is 0 Å². The molecule has 1 nitrogen and oxygen atoms in total. The molecule has 0 saturated heterocycles. The van der Waals surface area contributed by atoms with Gasteiger partial charge in [0, 0.05) is 15.8 Å². The quantitative estimate of drug-likeness (QED) is 0.465. The molecular formula is C5H15NSi. The lowest BCUT2D eigenvalue weighted by Gasteiger charge is -2.18. The smallest absolute Gasteiger partial charge is 0.0202 e. The summed E-state index contributed by atoms with van der Waals surface area (Å²) in [5.74, 6) is 0. The summed E-state index contributed by atoms with van der Waals surface area (Å²) in [6, 6.07) is 0. The molecule has 0 rings (SSSR count). The number of hydrogen-bond acceptors (Lipinski definition) is 1. The maximum atomic E-state index is 3.35. The van der Waals surface area contributed by atoms with Crippen LogP contribution in [0.3, 0.4) is 0 Å². The Kier molecular flexibility index (Phi) is 2.54. The normalized spacial score (nSPS) is 12.4. The summed E-state index contributed by atoms with van der Waals surface area (Å²) < 4.78 is 0. The summed E-state index contributed by atoms with van der Waals surface area (Å²) in [6.45, 7) is 6.56. The molecular weight excluding hydrogens is 102 g/mol. The minimum absolute atomic E-state index is 0.335. The van der Waals surface area contributed by atoms with E-state index in [0.717, 1.165) is 0 Å². The summed E-state index contributed by atoms with van der Waals surface area (Å²) in [5.41, 5.74) is 0.335. The third-order valence-corrected chi connectivity index (χ3v) is 1.06. The molecule has 7 heavy (non-hydrogen) atoms. The molecule has 44 valence electrons. The minimum Gasteiger partial charge on any atom is -0.316 e. The van der Waals surface area contributed by atoms with Gasteiger partial charge in [-0.25, -0.2) is 0 Å². The third kappa shape index (κ3) is 6.18. The second-order valence-electron chi connectivity index (χ2n) is 2.78. The molecule has 2 heteroatoms. The van der Waals surface area contributed by atoms with Crippen LogP contribution in [0.5, 0.6) is 0 Å². The molecule has 0 fully saturated rings. The average Bonchev–Trinajstić information content (AvgIpc) is 1.30. The average molecular weight is 117 g/mol. The zero-order valence-corrected chi connectivity index (χ0v) is 7.71. The van der Waals surface area contributed by atoms with Crippen LogP contribution in [0, 0.1) is 0 Å². The Hall–Kier alpha value is 0.177. The van der Waals surface area contributed by atoms with Crippen LogP contribution < -0.4 is 5.32 Å². The van der Waals surface area contributed by atoms with E-state index in [1.807, 2.05) is 0 Å². The largest absolute Gasteiger partial charge is 0.316 e. The van der Waals surface area contributed by atoms with Crippen molar-refractivity contribution in [2.24, 2.45) is 0 Å². The summed E-state index contributed by atoms with van der Waals surface area (Å²) in [7, 11) is 1.26. The molecule has 1 N–H and O–H groups in total. The van der Waals surface area contributed by atoms with Crippen molar-refractivity contribution in [2.45, 2.75) is 26.3 Å². The fraction of sp³-hybridized carbons (Fsp3) is 1.00. The van der Waals surface area contributed by atoms with Crippen LogP contribution in [0.1, 0.15) is 20.8 Å². The van der Waals surface area contributed by atoms with Crippen LogP contribution in [-0.4, -0.2) is 21.9 Å². The third-order valence-electron chi connectivity index (χ3n) is 0.707. The second-order valence-corrected chi connectivity index (χ2v) is 3.49. The predicted octanol–water partition coefficient (Wildman–Crippen LogP) is -0.303. The Bertz CT molecular complexity index is 46.5. The van der Waals surface area contributed by atoms with E-state index in [4.69, 9.17) is 0 Å². The first-order chi connectivity index (χ1) is 3.06. The van der Waals surface area contributed by atoms with Crippen LogP contribution in [0.4, 0.5) is 0 Å². The number of hydrogen-bond donors (Lipinski definition) is 1. The summed E-state index contributed by atoms with van der Waals surface area (Å²) in [6.07, 6.45) is 1.20. The Labute approximate surface area is 48.9 Å². The van der Waals surface area contributed by atoms with E-state index in [-0.39, 0.29) is 0 Å². The minimum atomic E-state index is 0.335. The van der Waals surface area contributed by atoms with Gasteiger partial charge in [0.2, 0.25) is 0 Å². The molecule has 0 unspecified atom stereocenters. The van der Waals surface area contributed by atoms with Gasteiger partial charge in [0.1, 0.15) is 0 Å². The number of nitrogens with one attached hydrogen (secondary N) is 1. The van der Waals surface area contributed by atoms with Gasteiger partial charge in [-0.1, -0.05) is 0 Å². The highest BCUT2D eigenvalue weighted by molar-refractivity contribution is 6.08. The first-order valence-corrected chi connectivity index (χ1v) is 4.22. The Morgan fingerprint density at radius 2 is 1.86 bits per heavy atom. The second kappa shape index (κ2) is 2.48. The topological polar surface area (TPSA) is 12.0 Å². The zero-order valence-electron chi connectivity index (χ0n) is 5.71. The monoisotopic (exact) mass is 117 g/mol. The lowest BCUT2D eigenvalue weighted by atomic mass is 10.1. The van der Waals surface area contributed by atoms with Gasteiger partial charge >= 0.3 is 0 Å². The first-order valence-electron chi connectivity index (χ1n) is 2.81. The first kappa shape index (κ1) is 7.18. The van der Waals surface area contributed by atoms with E-state index in [1.54, 1.807) is 0 Å². The molecule has 0 aliphatic heterocycles. The molecule has 0 bridgehead atoms. The van der Waals surface area contributed by atoms with Crippen molar-refractivity contribution in [3.05, 3.63) is 0 Å². The van der Waals surface area contributed by atoms with Crippen molar-refractivity contribution in [2.75, 3.05) is 6.17 Å². The van der Waals surface area contributed by atoms with Gasteiger partial charge in [-0.15, -0.1) is 0 Å². The van der Waals surface area contributed by atoms with Crippen molar-refractivity contribution >= 4 is 10.2 Å². The molecule has 0 heterocycles. The highest BCUT2D eigenvalue weighted by Gasteiger charge is 2.04. The summed E-state index contributed by atoms with van der Waals surface area (Å²) in [5, 5.41) is 3.35. The van der Waals surface area contributed by atoms with Crippen molar-refractivity contribution < 1.29 is 0 Å². The Morgan fingerprint density at radius 3 is 1.86 bits per heavy atom. The fourth-order valence-electron chi connectivity index (χ4n) is 0.530. The zero-order chi connectivity index (χ0) is 5.91. The van der Waals surface area contributed by atoms with Crippen molar-refractivity contribution in [3.8, 4) is 0 Å². The van der Waals surface area contributed by atoms with Crippen molar-refractivity contribution in [3.63, 3.8) is 0 Å². The van der Waals surface area contributed by atoms with Gasteiger partial charge in [0.15, 0.2) is 0 Å². The summed E-state index contributed by atoms with van der Waals surface area (Å²) in [4.78, 5) is 0. The maximum Gasteiger partial charge on any atom is 0.0202 e. The molecule has 0 aliphatic carbocycles. The number of rotatable bonds is 1. The molecule has 0 amide bonds. The molecule has 0 aliphatic rings. The van der Waals surface area contributed by atoms with Gasteiger partial charge < -0.3 is 5.32 Å². The summed E-state index contributed by atoms with van der Waals surface area (Å²) >= 11 is 0. The fourth-order valence-corrected chi connectivity index (χ4v) is 1.59. The van der Waals surface area contributed by atoms with Crippen LogP contribution in [0.15, 0.2) is 0 Å². The van der Waals surface area contributed by atoms with E-state index in [9.17, 15) is 0 Å². The highest BCUT2D eigenvalue weighted by Crippen LogP contribution is 1.95. The van der Waals surface area contributed by atoms with Crippen LogP contribution >= 0.6 is 0 Å². The van der Waals surface area contributed by atoms with Crippen molar-refractivity contribution in [1.82, 2.24) is 5.32 Å². The standard InChI is InChI=1S/C5H15NSi/c1-5(2,3)6-4-7/h6H,4H2,1-3,7H3. The highest BCUT2D eigenvalue weighted by atomic mass is 28.1. The van der Waals surface area contributed by atoms with E-state index >= 15 is 0 Å². The molecule has 0 radical (unpaired) electrons. The van der Waals surface area contributed by atoms with E-state index in [0.29, 0.717) is 5.54 Å². The van der Waals surface area contributed by atoms with Crippen LogP contribution in [0.25, 0.3) is 0 Å².